The van der Waals surface area contributed by atoms with Gasteiger partial charge in [0.15, 0.2) is 0 Å². The summed E-state index contributed by atoms with van der Waals surface area (Å²) >= 11 is 0. The van der Waals surface area contributed by atoms with E-state index in [1.165, 1.54) is 29.3 Å². The summed E-state index contributed by atoms with van der Waals surface area (Å²) in [6, 6.07) is 12.9. The second-order valence-electron chi connectivity index (χ2n) is 10.2. The molecule has 0 saturated heterocycles. The number of benzene rings is 2. The maximum absolute atomic E-state index is 13.8. The van der Waals surface area contributed by atoms with Crippen molar-refractivity contribution < 1.29 is 24.1 Å². The number of rotatable bonds is 12. The van der Waals surface area contributed by atoms with E-state index in [2.05, 4.69) is 43.4 Å². The first kappa shape index (κ1) is 27.1. The zero-order chi connectivity index (χ0) is 25.6. The van der Waals surface area contributed by atoms with Gasteiger partial charge in [0, 0.05) is 17.7 Å². The van der Waals surface area contributed by atoms with E-state index in [9.17, 15) is 19.4 Å². The number of hydrogen-bond acceptors (Lipinski definition) is 4. The van der Waals surface area contributed by atoms with Crippen LogP contribution in [-0.4, -0.2) is 41.0 Å². The van der Waals surface area contributed by atoms with Crippen molar-refractivity contribution in [2.45, 2.75) is 71.1 Å². The van der Waals surface area contributed by atoms with Crippen molar-refractivity contribution in [2.24, 2.45) is 5.92 Å². The van der Waals surface area contributed by atoms with Gasteiger partial charge in [0.25, 0.3) is 0 Å². The van der Waals surface area contributed by atoms with E-state index < -0.39 is 24.0 Å². The molecule has 0 aliphatic heterocycles. The van der Waals surface area contributed by atoms with Gasteiger partial charge in [-0.3, -0.25) is 0 Å². The molecule has 0 radical (unpaired) electrons. The van der Waals surface area contributed by atoms with E-state index >= 15 is 0 Å². The number of halogens is 1. The molecule has 5 nitrogen and oxygen atoms in total. The Balaban J connectivity index is 1.51. The molecule has 0 heterocycles. The first-order chi connectivity index (χ1) is 16.6. The number of aliphatic hydroxyl groups excluding tert-OH is 1. The molecule has 1 aliphatic carbocycles. The Morgan fingerprint density at radius 1 is 1.23 bits per heavy atom. The predicted octanol–water partition coefficient (Wildman–Crippen LogP) is 5.32. The molecule has 6 heteroatoms. The van der Waals surface area contributed by atoms with E-state index in [1.807, 2.05) is 6.92 Å². The fourth-order valence-electron chi connectivity index (χ4n) is 4.93. The van der Waals surface area contributed by atoms with Crippen LogP contribution >= 0.6 is 0 Å². The van der Waals surface area contributed by atoms with Crippen LogP contribution in [0.2, 0.25) is 0 Å². The molecule has 2 atom stereocenters. The van der Waals surface area contributed by atoms with Crippen LogP contribution in [0.15, 0.2) is 48.0 Å². The van der Waals surface area contributed by atoms with Crippen LogP contribution in [0.4, 0.5) is 4.39 Å². The van der Waals surface area contributed by atoms with Crippen molar-refractivity contribution >= 4 is 12.0 Å². The van der Waals surface area contributed by atoms with Crippen LogP contribution in [0, 0.1) is 11.7 Å². The first-order valence-corrected chi connectivity index (χ1v) is 12.4. The Hall–Kier alpha value is -2.54. The molecule has 0 amide bonds. The second kappa shape index (κ2) is 11.9. The monoisotopic (exact) mass is 483 g/mol. The van der Waals surface area contributed by atoms with Gasteiger partial charge in [0.05, 0.1) is 18.8 Å². The molecule has 2 aromatic rings. The Morgan fingerprint density at radius 2 is 1.89 bits per heavy atom. The van der Waals surface area contributed by atoms with Gasteiger partial charge >= 0.3 is 5.97 Å². The van der Waals surface area contributed by atoms with Crippen molar-refractivity contribution in [3.05, 3.63) is 76.1 Å². The van der Waals surface area contributed by atoms with Crippen molar-refractivity contribution in [2.75, 3.05) is 13.2 Å². The molecule has 2 aromatic carbocycles. The quantitative estimate of drug-likeness (QED) is 0.356. The lowest BCUT2D eigenvalue weighted by Crippen LogP contribution is -2.45. The highest BCUT2D eigenvalue weighted by molar-refractivity contribution is 5.92. The molecule has 0 spiro atoms. The van der Waals surface area contributed by atoms with Crippen LogP contribution in [-0.2, 0) is 22.4 Å². The average Bonchev–Trinajstić information content (AvgIpc) is 3.21. The van der Waals surface area contributed by atoms with E-state index in [4.69, 9.17) is 4.74 Å². The van der Waals surface area contributed by atoms with Gasteiger partial charge in [-0.05, 0) is 92.8 Å². The van der Waals surface area contributed by atoms with Gasteiger partial charge in [0.1, 0.15) is 5.82 Å². The Morgan fingerprint density at radius 3 is 2.49 bits per heavy atom. The molecule has 35 heavy (non-hydrogen) atoms. The smallest absolute Gasteiger partial charge is 0.331 e. The standard InChI is InChI=1S/C29H38FNO4/c1-5-21(28(33)34)14-24-15-25(30)10-11-27(24)19(2)35-18-26(32)17-31-29(3,4)16-20-12-22-8-6-7-9-23(22)13-20/h6-11,14-15,19-20,26,31-32H,5,12-13,16-18H2,1-4H3,(H,33,34)/t19-,26-/m1/s1. The number of β-amino-alcohol motifs (C(OH)–C–C–N with tert-alkyl or cyclic N) is 1. The highest BCUT2D eigenvalue weighted by Crippen LogP contribution is 2.32. The Bertz CT molecular complexity index is 1020. The molecule has 0 saturated carbocycles. The van der Waals surface area contributed by atoms with E-state index in [0.717, 1.165) is 19.3 Å². The number of carbonyl (C=O) groups is 1. The van der Waals surface area contributed by atoms with E-state index in [1.54, 1.807) is 13.0 Å². The fraction of sp³-hybridized carbons (Fsp3) is 0.483. The lowest BCUT2D eigenvalue weighted by atomic mass is 9.88. The summed E-state index contributed by atoms with van der Waals surface area (Å²) in [4.78, 5) is 11.4. The van der Waals surface area contributed by atoms with Crippen LogP contribution in [0.5, 0.6) is 0 Å². The third-order valence-electron chi connectivity index (χ3n) is 6.76. The third kappa shape index (κ3) is 7.72. The number of fused-ring (bicyclic) bond motifs is 1. The van der Waals surface area contributed by atoms with Crippen LogP contribution in [0.1, 0.15) is 68.9 Å². The summed E-state index contributed by atoms with van der Waals surface area (Å²) in [5.41, 5.74) is 4.12. The van der Waals surface area contributed by atoms with Crippen LogP contribution in [0.3, 0.4) is 0 Å². The minimum Gasteiger partial charge on any atom is -0.478 e. The number of nitrogens with one attached hydrogen (secondary N) is 1. The van der Waals surface area contributed by atoms with Gasteiger partial charge in [-0.2, -0.15) is 0 Å². The van der Waals surface area contributed by atoms with E-state index in [0.29, 0.717) is 30.0 Å². The zero-order valence-electron chi connectivity index (χ0n) is 21.2. The van der Waals surface area contributed by atoms with Gasteiger partial charge in [0.2, 0.25) is 0 Å². The van der Waals surface area contributed by atoms with Crippen molar-refractivity contribution in [1.29, 1.82) is 0 Å². The summed E-state index contributed by atoms with van der Waals surface area (Å²) in [5.74, 6) is -0.876. The number of aliphatic carboxylic acids is 1. The predicted molar refractivity (Wildman–Crippen MR) is 137 cm³/mol. The second-order valence-corrected chi connectivity index (χ2v) is 10.2. The van der Waals surface area contributed by atoms with Gasteiger partial charge in [-0.25, -0.2) is 9.18 Å². The molecule has 0 unspecified atom stereocenters. The van der Waals surface area contributed by atoms with Crippen molar-refractivity contribution in [3.63, 3.8) is 0 Å². The van der Waals surface area contributed by atoms with Gasteiger partial charge < -0.3 is 20.3 Å². The SMILES string of the molecule is CCC(=Cc1cc(F)ccc1[C@@H](C)OC[C@H](O)CNC(C)(C)CC1Cc2ccccc2C1)C(=O)O. The summed E-state index contributed by atoms with van der Waals surface area (Å²) in [5, 5.41) is 23.4. The minimum atomic E-state index is -1.03. The minimum absolute atomic E-state index is 0.110. The molecule has 0 bridgehead atoms. The molecule has 3 N–H and O–H groups in total. The maximum atomic E-state index is 13.8. The average molecular weight is 484 g/mol. The van der Waals surface area contributed by atoms with Gasteiger partial charge in [-0.15, -0.1) is 0 Å². The van der Waals surface area contributed by atoms with Crippen molar-refractivity contribution in [3.8, 4) is 0 Å². The topological polar surface area (TPSA) is 78.8 Å². The number of aliphatic hydroxyl groups is 1. The summed E-state index contributed by atoms with van der Waals surface area (Å²) < 4.78 is 19.7. The lowest BCUT2D eigenvalue weighted by Gasteiger charge is -2.31. The molecule has 0 aromatic heterocycles. The van der Waals surface area contributed by atoms with Crippen molar-refractivity contribution in [1.82, 2.24) is 5.32 Å². The number of carboxylic acids is 1. The molecular weight excluding hydrogens is 445 g/mol. The molecular formula is C29H38FNO4. The highest BCUT2D eigenvalue weighted by Gasteiger charge is 2.28. The molecule has 1 aliphatic rings. The Labute approximate surface area is 208 Å². The third-order valence-corrected chi connectivity index (χ3v) is 6.76. The van der Waals surface area contributed by atoms with Gasteiger partial charge in [-0.1, -0.05) is 37.3 Å². The zero-order valence-corrected chi connectivity index (χ0v) is 21.2. The molecule has 190 valence electrons. The number of ether oxygens (including phenoxy) is 1. The van der Waals surface area contributed by atoms with E-state index in [-0.39, 0.29) is 17.7 Å². The number of hydrogen-bond donors (Lipinski definition) is 3. The maximum Gasteiger partial charge on any atom is 0.331 e. The lowest BCUT2D eigenvalue weighted by molar-refractivity contribution is -0.132. The number of carboxylic acid groups (broad SMARTS) is 1. The van der Waals surface area contributed by atoms with Crippen LogP contribution in [0.25, 0.3) is 6.08 Å². The molecule has 0 fully saturated rings. The summed E-state index contributed by atoms with van der Waals surface area (Å²) in [6.45, 7) is 8.40. The highest BCUT2D eigenvalue weighted by atomic mass is 19.1. The van der Waals surface area contributed by atoms with Crippen LogP contribution < -0.4 is 5.32 Å². The normalized spacial score (nSPS) is 16.2. The largest absolute Gasteiger partial charge is 0.478 e. The molecule has 3 rings (SSSR count). The summed E-state index contributed by atoms with van der Waals surface area (Å²) in [6.07, 6.45) is 3.88. The fourth-order valence-corrected chi connectivity index (χ4v) is 4.93. The summed E-state index contributed by atoms with van der Waals surface area (Å²) in [7, 11) is 0. The first-order valence-electron chi connectivity index (χ1n) is 12.4. The Kier molecular flexibility index (Phi) is 9.22.